The van der Waals surface area contributed by atoms with Crippen LogP contribution in [0, 0.1) is 0 Å². The van der Waals surface area contributed by atoms with E-state index in [1.54, 1.807) is 6.20 Å². The number of hydrogen-bond donors (Lipinski definition) is 2. The number of H-pyrrole nitrogens is 1. The minimum atomic E-state index is -4.50. The van der Waals surface area contributed by atoms with Gasteiger partial charge in [0.05, 0.1) is 33.6 Å². The normalized spacial score (nSPS) is 24.1. The molecule has 3 heterocycles. The third kappa shape index (κ3) is 2.75. The van der Waals surface area contributed by atoms with Gasteiger partial charge in [-0.3, -0.25) is 9.82 Å². The van der Waals surface area contributed by atoms with Crippen molar-refractivity contribution in [2.45, 2.75) is 28.9 Å². The summed E-state index contributed by atoms with van der Waals surface area (Å²) in [6.45, 7) is 0.590. The Morgan fingerprint density at radius 3 is 2.64 bits per heavy atom. The largest absolute Gasteiger partial charge is 0.416 e. The number of hydrogen-bond acceptors (Lipinski definition) is 5. The van der Waals surface area contributed by atoms with E-state index in [1.165, 1.54) is 16.3 Å². The molecule has 0 spiro atoms. The van der Waals surface area contributed by atoms with Crippen molar-refractivity contribution in [3.05, 3.63) is 47.3 Å². The molecule has 0 bridgehead atoms. The number of rotatable bonds is 2. The van der Waals surface area contributed by atoms with Crippen LogP contribution in [0.25, 0.3) is 0 Å². The fourth-order valence-corrected chi connectivity index (χ4v) is 5.96. The number of halogens is 3. The van der Waals surface area contributed by atoms with Crippen molar-refractivity contribution in [3.63, 3.8) is 0 Å². The minimum absolute atomic E-state index is 0.129. The molecule has 1 aromatic carbocycles. The molecule has 2 aliphatic rings. The summed E-state index contributed by atoms with van der Waals surface area (Å²) in [5, 5.41) is 6.76. The summed E-state index contributed by atoms with van der Waals surface area (Å²) in [7, 11) is -3.93. The maximum atomic E-state index is 13.0. The van der Waals surface area contributed by atoms with Gasteiger partial charge in [-0.05, 0) is 24.3 Å². The average Bonchev–Trinajstić information content (AvgIpc) is 3.21. The number of sulfonamides is 1. The number of benzene rings is 1. The second-order valence-electron chi connectivity index (χ2n) is 5.84. The van der Waals surface area contributed by atoms with Crippen molar-refractivity contribution in [3.8, 4) is 0 Å². The highest BCUT2D eigenvalue weighted by Crippen LogP contribution is 2.44. The molecule has 25 heavy (non-hydrogen) atoms. The Morgan fingerprint density at radius 2 is 1.96 bits per heavy atom. The van der Waals surface area contributed by atoms with E-state index >= 15 is 0 Å². The van der Waals surface area contributed by atoms with Gasteiger partial charge >= 0.3 is 6.18 Å². The molecule has 2 N–H and O–H groups in total. The molecule has 0 saturated carbocycles. The highest BCUT2D eigenvalue weighted by Gasteiger charge is 2.45. The Hall–Kier alpha value is -1.56. The molecule has 4 rings (SSSR count). The zero-order chi connectivity index (χ0) is 17.8. The van der Waals surface area contributed by atoms with Gasteiger partial charge in [-0.25, -0.2) is 8.42 Å². The summed E-state index contributed by atoms with van der Waals surface area (Å²) < 4.78 is 68.5. The summed E-state index contributed by atoms with van der Waals surface area (Å²) in [6, 6.07) is 3.27. The Labute approximate surface area is 146 Å². The van der Waals surface area contributed by atoms with Crippen molar-refractivity contribution in [1.82, 2.24) is 19.2 Å². The highest BCUT2D eigenvalue weighted by molar-refractivity contribution is 7.98. The highest BCUT2D eigenvalue weighted by atomic mass is 32.2. The fourth-order valence-electron chi connectivity index (χ4n) is 3.11. The monoisotopic (exact) mass is 390 g/mol. The molecule has 6 nitrogen and oxygen atoms in total. The fraction of sp³-hybridized carbons (Fsp3) is 0.357. The SMILES string of the molecule is O=S(=O)(c1ccc(C(F)(F)F)cc1)N1Cc2cn[nH]c2C2SNCC21. The van der Waals surface area contributed by atoms with Crippen LogP contribution >= 0.6 is 11.9 Å². The van der Waals surface area contributed by atoms with Crippen LogP contribution in [0.15, 0.2) is 35.4 Å². The van der Waals surface area contributed by atoms with Crippen molar-refractivity contribution in [1.29, 1.82) is 0 Å². The molecule has 134 valence electrons. The second kappa shape index (κ2) is 5.73. The molecule has 2 atom stereocenters. The first kappa shape index (κ1) is 16.9. The van der Waals surface area contributed by atoms with Crippen molar-refractivity contribution in [2.75, 3.05) is 6.54 Å². The Morgan fingerprint density at radius 1 is 1.24 bits per heavy atom. The summed E-state index contributed by atoms with van der Waals surface area (Å²) in [5.74, 6) is 0. The predicted octanol–water partition coefficient (Wildman–Crippen LogP) is 2.29. The number of fused-ring (bicyclic) bond motifs is 3. The number of aromatic amines is 1. The Bertz CT molecular complexity index is 896. The van der Waals surface area contributed by atoms with Gasteiger partial charge in [0.15, 0.2) is 0 Å². The maximum Gasteiger partial charge on any atom is 0.416 e. The van der Waals surface area contributed by atoms with Gasteiger partial charge in [0.1, 0.15) is 0 Å². The summed E-state index contributed by atoms with van der Waals surface area (Å²) in [4.78, 5) is -0.150. The summed E-state index contributed by atoms with van der Waals surface area (Å²) in [6.07, 6.45) is -2.92. The van der Waals surface area contributed by atoms with Crippen LogP contribution in [0.4, 0.5) is 13.2 Å². The van der Waals surface area contributed by atoms with Crippen LogP contribution in [0.2, 0.25) is 0 Å². The molecule has 1 fully saturated rings. The van der Waals surface area contributed by atoms with Crippen molar-refractivity contribution >= 4 is 22.0 Å². The molecule has 0 amide bonds. The zero-order valence-corrected chi connectivity index (χ0v) is 14.2. The smallest absolute Gasteiger partial charge is 0.281 e. The van der Waals surface area contributed by atoms with Crippen molar-refractivity contribution in [2.24, 2.45) is 0 Å². The first-order valence-corrected chi connectivity index (χ1v) is 9.70. The van der Waals surface area contributed by atoms with Crippen molar-refractivity contribution < 1.29 is 21.6 Å². The van der Waals surface area contributed by atoms with E-state index < -0.39 is 21.8 Å². The molecule has 0 radical (unpaired) electrons. The third-order valence-electron chi connectivity index (χ3n) is 4.37. The summed E-state index contributed by atoms with van der Waals surface area (Å²) in [5.41, 5.74) is 0.782. The first-order chi connectivity index (χ1) is 11.8. The molecule has 2 unspecified atom stereocenters. The quantitative estimate of drug-likeness (QED) is 0.770. The molecule has 2 aliphatic heterocycles. The van der Waals surface area contributed by atoms with E-state index in [0.29, 0.717) is 6.54 Å². The molecule has 2 aromatic rings. The molecule has 1 aromatic heterocycles. The van der Waals surface area contributed by atoms with E-state index in [9.17, 15) is 21.6 Å². The van der Waals surface area contributed by atoms with Crippen LogP contribution < -0.4 is 4.72 Å². The van der Waals surface area contributed by atoms with E-state index in [-0.39, 0.29) is 22.7 Å². The molecule has 0 aliphatic carbocycles. The maximum absolute atomic E-state index is 13.0. The zero-order valence-electron chi connectivity index (χ0n) is 12.6. The van der Waals surface area contributed by atoms with Gasteiger partial charge in [0.25, 0.3) is 0 Å². The van der Waals surface area contributed by atoms with Crippen LogP contribution in [0.5, 0.6) is 0 Å². The van der Waals surface area contributed by atoms with E-state index in [0.717, 1.165) is 35.5 Å². The van der Waals surface area contributed by atoms with E-state index in [4.69, 9.17) is 0 Å². The first-order valence-electron chi connectivity index (χ1n) is 7.38. The van der Waals surface area contributed by atoms with Gasteiger partial charge in [0, 0.05) is 18.7 Å². The molecule has 11 heteroatoms. The van der Waals surface area contributed by atoms with Gasteiger partial charge in [-0.15, -0.1) is 0 Å². The predicted molar refractivity (Wildman–Crippen MR) is 84.9 cm³/mol. The average molecular weight is 390 g/mol. The van der Waals surface area contributed by atoms with Crippen LogP contribution in [0.1, 0.15) is 22.1 Å². The van der Waals surface area contributed by atoms with Crippen LogP contribution in [-0.4, -0.2) is 35.5 Å². The molecular formula is C14H13F3N4O2S2. The lowest BCUT2D eigenvalue weighted by Crippen LogP contribution is -2.46. The lowest BCUT2D eigenvalue weighted by atomic mass is 10.0. The summed E-state index contributed by atoms with van der Waals surface area (Å²) >= 11 is 1.42. The number of alkyl halides is 3. The van der Waals surface area contributed by atoms with E-state index in [2.05, 4.69) is 14.9 Å². The topological polar surface area (TPSA) is 78.1 Å². The second-order valence-corrected chi connectivity index (χ2v) is 8.76. The van der Waals surface area contributed by atoms with Gasteiger partial charge in [0.2, 0.25) is 10.0 Å². The number of nitrogens with zero attached hydrogens (tertiary/aromatic N) is 2. The van der Waals surface area contributed by atoms with Crippen LogP contribution in [-0.2, 0) is 22.7 Å². The lowest BCUT2D eigenvalue weighted by Gasteiger charge is -2.34. The molecular weight excluding hydrogens is 377 g/mol. The van der Waals surface area contributed by atoms with Gasteiger partial charge < -0.3 is 0 Å². The van der Waals surface area contributed by atoms with E-state index in [1.807, 2.05) is 0 Å². The van der Waals surface area contributed by atoms with Gasteiger partial charge in [-0.2, -0.15) is 22.6 Å². The van der Waals surface area contributed by atoms with Crippen LogP contribution in [0.3, 0.4) is 0 Å². The Balaban J connectivity index is 1.71. The van der Waals surface area contributed by atoms with Gasteiger partial charge in [-0.1, -0.05) is 11.9 Å². The third-order valence-corrected chi connectivity index (χ3v) is 7.39. The minimum Gasteiger partial charge on any atom is -0.281 e. The number of nitrogens with one attached hydrogen (secondary N) is 2. The molecule has 1 saturated heterocycles. The Kier molecular flexibility index (Phi) is 3.87. The standard InChI is InChI=1S/C14H13F3N4O2S2/c15-14(16,17)9-1-3-10(4-2-9)25(22,23)21-7-8-5-18-20-12(8)13-11(21)6-19-24-13/h1-5,11,13,19H,6-7H2,(H,18,20). The lowest BCUT2D eigenvalue weighted by molar-refractivity contribution is -0.137. The number of aromatic nitrogens is 2.